The number of carbonyl (C=O) groups excluding carboxylic acids is 2. The smallest absolute Gasteiger partial charge is 0.303 e. The minimum atomic E-state index is -0.572. The maximum atomic E-state index is 12.4. The standard InChI is InChI=1S/C17H20N2O4/c1-12(2)9-14-16(20)19(23-11-22-3)17(21)15(18-14)10-13-7-5-4-6-8-13/h4-9,12H,10-11H2,1-3H3. The van der Waals surface area contributed by atoms with E-state index in [0.717, 1.165) is 10.6 Å². The molecule has 1 aromatic carbocycles. The van der Waals surface area contributed by atoms with Crippen molar-refractivity contribution in [2.24, 2.45) is 10.9 Å². The molecule has 1 aliphatic heterocycles. The molecule has 0 saturated carbocycles. The first-order valence-corrected chi connectivity index (χ1v) is 7.37. The van der Waals surface area contributed by atoms with Gasteiger partial charge in [-0.1, -0.05) is 50.3 Å². The number of imide groups is 1. The predicted octanol–water partition coefficient (Wildman–Crippen LogP) is 2.11. The summed E-state index contributed by atoms with van der Waals surface area (Å²) in [4.78, 5) is 34.1. The first-order valence-electron chi connectivity index (χ1n) is 7.37. The second-order valence-electron chi connectivity index (χ2n) is 5.46. The summed E-state index contributed by atoms with van der Waals surface area (Å²) in [7, 11) is 1.42. The van der Waals surface area contributed by atoms with Crippen LogP contribution >= 0.6 is 0 Å². The number of benzene rings is 1. The first-order chi connectivity index (χ1) is 11.0. The molecule has 6 heteroatoms. The first kappa shape index (κ1) is 17.1. The van der Waals surface area contributed by atoms with Crippen molar-refractivity contribution < 1.29 is 19.2 Å². The van der Waals surface area contributed by atoms with E-state index in [1.54, 1.807) is 6.08 Å². The fraction of sp³-hybridized carbons (Fsp3) is 0.353. The normalized spacial score (nSPS) is 17.1. The summed E-state index contributed by atoms with van der Waals surface area (Å²) in [5.41, 5.74) is 1.41. The van der Waals surface area contributed by atoms with Gasteiger partial charge in [-0.15, -0.1) is 5.06 Å². The highest BCUT2D eigenvalue weighted by molar-refractivity contribution is 6.44. The van der Waals surface area contributed by atoms with Gasteiger partial charge in [-0.2, -0.15) is 0 Å². The van der Waals surface area contributed by atoms with Gasteiger partial charge in [0.2, 0.25) is 0 Å². The largest absolute Gasteiger partial charge is 0.356 e. The molecule has 0 saturated heterocycles. The van der Waals surface area contributed by atoms with Gasteiger partial charge in [0.25, 0.3) is 5.91 Å². The number of hydrogen-bond donors (Lipinski definition) is 0. The van der Waals surface area contributed by atoms with Crippen LogP contribution in [0.4, 0.5) is 0 Å². The molecule has 2 rings (SSSR count). The monoisotopic (exact) mass is 316 g/mol. The molecule has 1 aliphatic rings. The van der Waals surface area contributed by atoms with Crippen molar-refractivity contribution in [3.05, 3.63) is 47.7 Å². The lowest BCUT2D eigenvalue weighted by atomic mass is 10.1. The van der Waals surface area contributed by atoms with E-state index in [2.05, 4.69) is 4.99 Å². The lowest BCUT2D eigenvalue weighted by Crippen LogP contribution is -2.46. The fourth-order valence-electron chi connectivity index (χ4n) is 2.11. The Bertz CT molecular complexity index is 635. The zero-order valence-electron chi connectivity index (χ0n) is 13.5. The summed E-state index contributed by atoms with van der Waals surface area (Å²) in [6.45, 7) is 3.68. The van der Waals surface area contributed by atoms with Crippen LogP contribution in [0.1, 0.15) is 19.4 Å². The van der Waals surface area contributed by atoms with Crippen molar-refractivity contribution >= 4 is 17.5 Å². The molecule has 0 aromatic heterocycles. The van der Waals surface area contributed by atoms with Gasteiger partial charge in [0, 0.05) is 13.5 Å². The Morgan fingerprint density at radius 3 is 2.48 bits per heavy atom. The average molecular weight is 316 g/mol. The van der Waals surface area contributed by atoms with E-state index in [1.807, 2.05) is 44.2 Å². The lowest BCUT2D eigenvalue weighted by molar-refractivity contribution is -0.213. The topological polar surface area (TPSA) is 68.2 Å². The summed E-state index contributed by atoms with van der Waals surface area (Å²) in [5.74, 6) is -1.01. The van der Waals surface area contributed by atoms with Gasteiger partial charge in [-0.05, 0) is 11.5 Å². The second-order valence-corrected chi connectivity index (χ2v) is 5.46. The highest BCUT2D eigenvalue weighted by atomic mass is 16.8. The third kappa shape index (κ3) is 4.34. The van der Waals surface area contributed by atoms with Crippen molar-refractivity contribution in [2.45, 2.75) is 20.3 Å². The van der Waals surface area contributed by atoms with Crippen molar-refractivity contribution in [1.82, 2.24) is 5.06 Å². The molecule has 0 N–H and O–H groups in total. The Labute approximate surface area is 135 Å². The molecule has 6 nitrogen and oxygen atoms in total. The summed E-state index contributed by atoms with van der Waals surface area (Å²) in [6.07, 6.45) is 2.04. The van der Waals surface area contributed by atoms with E-state index < -0.39 is 11.8 Å². The highest BCUT2D eigenvalue weighted by Crippen LogP contribution is 2.17. The van der Waals surface area contributed by atoms with Crippen LogP contribution in [0.5, 0.6) is 0 Å². The number of ether oxygens (including phenoxy) is 1. The van der Waals surface area contributed by atoms with Gasteiger partial charge < -0.3 is 4.74 Å². The SMILES string of the molecule is COCON1C(=O)C(=CC(C)C)N=C(Cc2ccccc2)C1=O. The third-order valence-electron chi connectivity index (χ3n) is 3.10. The number of carbonyl (C=O) groups is 2. The highest BCUT2D eigenvalue weighted by Gasteiger charge is 2.34. The summed E-state index contributed by atoms with van der Waals surface area (Å²) in [5, 5.41) is 0.725. The Balaban J connectivity index is 2.33. The Morgan fingerprint density at radius 2 is 1.87 bits per heavy atom. The zero-order chi connectivity index (χ0) is 16.8. The van der Waals surface area contributed by atoms with Crippen LogP contribution < -0.4 is 0 Å². The van der Waals surface area contributed by atoms with Crippen LogP contribution in [0.2, 0.25) is 0 Å². The predicted molar refractivity (Wildman–Crippen MR) is 85.3 cm³/mol. The Kier molecular flexibility index (Phi) is 5.78. The molecule has 2 amide bonds. The van der Waals surface area contributed by atoms with Gasteiger partial charge in [0.1, 0.15) is 11.4 Å². The van der Waals surface area contributed by atoms with Crippen molar-refractivity contribution in [3.63, 3.8) is 0 Å². The molecule has 0 unspecified atom stereocenters. The van der Waals surface area contributed by atoms with E-state index in [1.165, 1.54) is 7.11 Å². The second kappa shape index (κ2) is 7.80. The van der Waals surface area contributed by atoms with Crippen LogP contribution in [-0.4, -0.2) is 36.5 Å². The maximum Gasteiger partial charge on any atom is 0.303 e. The van der Waals surface area contributed by atoms with Gasteiger partial charge >= 0.3 is 5.91 Å². The zero-order valence-corrected chi connectivity index (χ0v) is 13.5. The number of allylic oxidation sites excluding steroid dienone is 1. The Morgan fingerprint density at radius 1 is 1.17 bits per heavy atom. The molecular formula is C17H20N2O4. The third-order valence-corrected chi connectivity index (χ3v) is 3.10. The van der Waals surface area contributed by atoms with Crippen LogP contribution in [0.3, 0.4) is 0 Å². The summed E-state index contributed by atoms with van der Waals surface area (Å²) >= 11 is 0. The van der Waals surface area contributed by atoms with Crippen LogP contribution in [0.25, 0.3) is 0 Å². The minimum Gasteiger partial charge on any atom is -0.356 e. The van der Waals surface area contributed by atoms with Crippen LogP contribution in [0, 0.1) is 5.92 Å². The lowest BCUT2D eigenvalue weighted by Gasteiger charge is -2.24. The number of methoxy groups -OCH3 is 1. The average Bonchev–Trinajstić information content (AvgIpc) is 2.52. The molecule has 23 heavy (non-hydrogen) atoms. The van der Waals surface area contributed by atoms with Gasteiger partial charge in [-0.25, -0.2) is 9.83 Å². The van der Waals surface area contributed by atoms with E-state index in [9.17, 15) is 9.59 Å². The van der Waals surface area contributed by atoms with E-state index in [4.69, 9.17) is 9.57 Å². The number of hydrogen-bond acceptors (Lipinski definition) is 5. The number of aliphatic imine (C=N–C) groups is 1. The number of amides is 2. The number of hydroxylamine groups is 2. The summed E-state index contributed by atoms with van der Waals surface area (Å²) in [6, 6.07) is 9.48. The van der Waals surface area contributed by atoms with E-state index in [0.29, 0.717) is 6.42 Å². The molecule has 0 radical (unpaired) electrons. The fourth-order valence-corrected chi connectivity index (χ4v) is 2.11. The summed E-state index contributed by atoms with van der Waals surface area (Å²) < 4.78 is 4.78. The molecular weight excluding hydrogens is 296 g/mol. The number of rotatable bonds is 6. The van der Waals surface area contributed by atoms with Crippen molar-refractivity contribution in [3.8, 4) is 0 Å². The molecule has 122 valence electrons. The molecule has 0 fully saturated rings. The van der Waals surface area contributed by atoms with E-state index in [-0.39, 0.29) is 24.1 Å². The van der Waals surface area contributed by atoms with Crippen LogP contribution in [0.15, 0.2) is 47.1 Å². The molecule has 0 spiro atoms. The van der Waals surface area contributed by atoms with Crippen molar-refractivity contribution in [1.29, 1.82) is 0 Å². The van der Waals surface area contributed by atoms with Gasteiger partial charge in [-0.3, -0.25) is 9.59 Å². The maximum absolute atomic E-state index is 12.4. The molecule has 0 aliphatic carbocycles. The van der Waals surface area contributed by atoms with Crippen molar-refractivity contribution in [2.75, 3.05) is 13.9 Å². The Hall–Kier alpha value is -2.31. The van der Waals surface area contributed by atoms with Gasteiger partial charge in [0.15, 0.2) is 6.79 Å². The molecule has 1 aromatic rings. The molecule has 1 heterocycles. The minimum absolute atomic E-state index is 0.119. The van der Waals surface area contributed by atoms with Gasteiger partial charge in [0.05, 0.1) is 0 Å². The molecule has 0 bridgehead atoms. The van der Waals surface area contributed by atoms with E-state index >= 15 is 0 Å². The number of nitrogens with zero attached hydrogens (tertiary/aromatic N) is 2. The van der Waals surface area contributed by atoms with Crippen LogP contribution in [-0.2, 0) is 25.6 Å². The molecule has 0 atom stereocenters. The quantitative estimate of drug-likeness (QED) is 0.458.